The molecule has 1 aromatic heterocycles. The summed E-state index contributed by atoms with van der Waals surface area (Å²) in [5.74, 6) is -0.445. The van der Waals surface area contributed by atoms with Crippen molar-refractivity contribution >= 4 is 17.6 Å². The maximum Gasteiger partial charge on any atom is 0.239 e. The molecule has 138 valence electrons. The van der Waals surface area contributed by atoms with Crippen molar-refractivity contribution in [3.63, 3.8) is 0 Å². The maximum absolute atomic E-state index is 13.6. The number of pyridine rings is 1. The zero-order valence-corrected chi connectivity index (χ0v) is 15.1. The average Bonchev–Trinajstić information content (AvgIpc) is 2.62. The van der Waals surface area contributed by atoms with E-state index in [9.17, 15) is 14.0 Å². The molecule has 1 unspecified atom stereocenters. The zero-order chi connectivity index (χ0) is 19.1. The SMILES string of the molecule is Cc1ccc(NC(=O)CN(C)C(C)C(=O)NCc2ccccc2F)nc1. The van der Waals surface area contributed by atoms with E-state index in [1.807, 2.05) is 13.0 Å². The maximum atomic E-state index is 13.6. The van der Waals surface area contributed by atoms with Crippen molar-refractivity contribution in [2.24, 2.45) is 0 Å². The standard InChI is InChI=1S/C19H23FN4O2/c1-13-8-9-17(21-10-13)23-18(25)12-24(3)14(2)19(26)22-11-15-6-4-5-7-16(15)20/h4-10,14H,11-12H2,1-3H3,(H,22,26)(H,21,23,25). The van der Waals surface area contributed by atoms with E-state index >= 15 is 0 Å². The van der Waals surface area contributed by atoms with Gasteiger partial charge in [0.1, 0.15) is 11.6 Å². The van der Waals surface area contributed by atoms with Gasteiger partial charge in [0.25, 0.3) is 0 Å². The summed E-state index contributed by atoms with van der Waals surface area (Å²) >= 11 is 0. The molecular weight excluding hydrogens is 335 g/mol. The smallest absolute Gasteiger partial charge is 0.239 e. The van der Waals surface area contributed by atoms with E-state index in [2.05, 4.69) is 15.6 Å². The molecule has 0 saturated heterocycles. The van der Waals surface area contributed by atoms with Crippen molar-refractivity contribution in [3.05, 3.63) is 59.5 Å². The first kappa shape index (κ1) is 19.5. The molecular formula is C19H23FN4O2. The molecule has 0 fully saturated rings. The van der Waals surface area contributed by atoms with Crippen LogP contribution >= 0.6 is 0 Å². The van der Waals surface area contributed by atoms with Crippen LogP contribution in [-0.2, 0) is 16.1 Å². The fourth-order valence-electron chi connectivity index (χ4n) is 2.26. The molecule has 1 atom stereocenters. The molecule has 2 amide bonds. The Balaban J connectivity index is 1.82. The number of anilines is 1. The van der Waals surface area contributed by atoms with Crippen LogP contribution in [0.25, 0.3) is 0 Å². The second-order valence-electron chi connectivity index (χ2n) is 6.17. The van der Waals surface area contributed by atoms with Crippen molar-refractivity contribution < 1.29 is 14.0 Å². The Morgan fingerprint density at radius 3 is 2.62 bits per heavy atom. The van der Waals surface area contributed by atoms with Gasteiger partial charge in [-0.15, -0.1) is 0 Å². The summed E-state index contributed by atoms with van der Waals surface area (Å²) < 4.78 is 13.6. The first-order valence-electron chi connectivity index (χ1n) is 8.30. The lowest BCUT2D eigenvalue weighted by Crippen LogP contribution is -2.45. The van der Waals surface area contributed by atoms with Crippen LogP contribution < -0.4 is 10.6 Å². The molecule has 2 aromatic rings. The fourth-order valence-corrected chi connectivity index (χ4v) is 2.26. The number of nitrogens with one attached hydrogen (secondary N) is 2. The Labute approximate surface area is 152 Å². The van der Waals surface area contributed by atoms with Gasteiger partial charge in [-0.25, -0.2) is 9.37 Å². The summed E-state index contributed by atoms with van der Waals surface area (Å²) in [5, 5.41) is 5.37. The van der Waals surface area contributed by atoms with E-state index < -0.39 is 6.04 Å². The predicted octanol–water partition coefficient (Wildman–Crippen LogP) is 2.10. The highest BCUT2D eigenvalue weighted by molar-refractivity contribution is 5.92. The number of aryl methyl sites for hydroxylation is 1. The number of halogens is 1. The molecule has 1 aromatic carbocycles. The molecule has 0 bridgehead atoms. The van der Waals surface area contributed by atoms with Crippen LogP contribution in [0.2, 0.25) is 0 Å². The first-order valence-corrected chi connectivity index (χ1v) is 8.30. The molecule has 0 aliphatic rings. The van der Waals surface area contributed by atoms with Crippen LogP contribution in [0, 0.1) is 12.7 Å². The van der Waals surface area contributed by atoms with Crippen molar-refractivity contribution in [3.8, 4) is 0 Å². The fraction of sp³-hybridized carbons (Fsp3) is 0.316. The van der Waals surface area contributed by atoms with Gasteiger partial charge in [0.2, 0.25) is 11.8 Å². The van der Waals surface area contributed by atoms with Crippen LogP contribution in [-0.4, -0.2) is 41.3 Å². The topological polar surface area (TPSA) is 74.3 Å². The Hall–Kier alpha value is -2.80. The average molecular weight is 358 g/mol. The molecule has 0 spiro atoms. The Bertz CT molecular complexity index is 764. The second kappa shape index (κ2) is 9.05. The van der Waals surface area contributed by atoms with Crippen LogP contribution in [0.5, 0.6) is 0 Å². The highest BCUT2D eigenvalue weighted by Gasteiger charge is 2.20. The van der Waals surface area contributed by atoms with Crippen LogP contribution in [0.4, 0.5) is 10.2 Å². The van der Waals surface area contributed by atoms with Gasteiger partial charge >= 0.3 is 0 Å². The van der Waals surface area contributed by atoms with E-state index in [0.29, 0.717) is 11.4 Å². The van der Waals surface area contributed by atoms with E-state index in [4.69, 9.17) is 0 Å². The first-order chi connectivity index (χ1) is 12.4. The highest BCUT2D eigenvalue weighted by Crippen LogP contribution is 2.07. The summed E-state index contributed by atoms with van der Waals surface area (Å²) in [4.78, 5) is 30.0. The third-order valence-electron chi connectivity index (χ3n) is 4.02. The van der Waals surface area contributed by atoms with Gasteiger partial charge in [0, 0.05) is 18.3 Å². The summed E-state index contributed by atoms with van der Waals surface area (Å²) in [5.41, 5.74) is 1.42. The summed E-state index contributed by atoms with van der Waals surface area (Å²) in [7, 11) is 1.68. The van der Waals surface area contributed by atoms with Gasteiger partial charge in [-0.05, 0) is 38.6 Å². The minimum Gasteiger partial charge on any atom is -0.351 e. The minimum absolute atomic E-state index is 0.0316. The van der Waals surface area contributed by atoms with Crippen molar-refractivity contribution in [2.75, 3.05) is 18.9 Å². The molecule has 0 radical (unpaired) electrons. The lowest BCUT2D eigenvalue weighted by molar-refractivity contribution is -0.126. The van der Waals surface area contributed by atoms with Gasteiger partial charge in [0.15, 0.2) is 0 Å². The van der Waals surface area contributed by atoms with Gasteiger partial charge in [0.05, 0.1) is 12.6 Å². The molecule has 6 nitrogen and oxygen atoms in total. The normalized spacial score (nSPS) is 11.9. The Morgan fingerprint density at radius 1 is 1.23 bits per heavy atom. The number of benzene rings is 1. The Morgan fingerprint density at radius 2 is 1.96 bits per heavy atom. The minimum atomic E-state index is -0.543. The van der Waals surface area contributed by atoms with E-state index in [0.717, 1.165) is 5.56 Å². The third kappa shape index (κ3) is 5.63. The Kier molecular flexibility index (Phi) is 6.80. The zero-order valence-electron chi connectivity index (χ0n) is 15.1. The lowest BCUT2D eigenvalue weighted by atomic mass is 10.2. The number of aromatic nitrogens is 1. The van der Waals surface area contributed by atoms with Crippen LogP contribution in [0.1, 0.15) is 18.1 Å². The van der Waals surface area contributed by atoms with Crippen LogP contribution in [0.3, 0.4) is 0 Å². The lowest BCUT2D eigenvalue weighted by Gasteiger charge is -2.23. The highest BCUT2D eigenvalue weighted by atomic mass is 19.1. The van der Waals surface area contributed by atoms with E-state index in [-0.39, 0.29) is 30.7 Å². The second-order valence-corrected chi connectivity index (χ2v) is 6.17. The van der Waals surface area contributed by atoms with E-state index in [1.54, 1.807) is 49.3 Å². The van der Waals surface area contributed by atoms with Gasteiger partial charge < -0.3 is 10.6 Å². The number of carbonyl (C=O) groups is 2. The molecule has 2 rings (SSSR count). The number of carbonyl (C=O) groups excluding carboxylic acids is 2. The van der Waals surface area contributed by atoms with Gasteiger partial charge in [-0.1, -0.05) is 24.3 Å². The van der Waals surface area contributed by atoms with Crippen LogP contribution in [0.15, 0.2) is 42.6 Å². The quantitative estimate of drug-likeness (QED) is 0.795. The summed E-state index contributed by atoms with van der Waals surface area (Å²) in [6.07, 6.45) is 1.66. The number of hydrogen-bond donors (Lipinski definition) is 2. The number of rotatable bonds is 7. The monoisotopic (exact) mass is 358 g/mol. The number of amides is 2. The predicted molar refractivity (Wildman–Crippen MR) is 97.9 cm³/mol. The third-order valence-corrected chi connectivity index (χ3v) is 4.02. The van der Waals surface area contributed by atoms with Gasteiger partial charge in [-0.2, -0.15) is 0 Å². The molecule has 1 heterocycles. The van der Waals surface area contributed by atoms with Crippen molar-refractivity contribution in [1.29, 1.82) is 0 Å². The molecule has 2 N–H and O–H groups in total. The summed E-state index contributed by atoms with van der Waals surface area (Å²) in [6.45, 7) is 3.73. The molecule has 0 aliphatic carbocycles. The number of nitrogens with zero attached hydrogens (tertiary/aromatic N) is 2. The molecule has 0 aliphatic heterocycles. The van der Waals surface area contributed by atoms with E-state index in [1.165, 1.54) is 6.07 Å². The van der Waals surface area contributed by atoms with Crippen molar-refractivity contribution in [1.82, 2.24) is 15.2 Å². The summed E-state index contributed by atoms with van der Waals surface area (Å²) in [6, 6.07) is 9.30. The number of likely N-dealkylation sites (N-methyl/N-ethyl adjacent to an activating group) is 1. The molecule has 26 heavy (non-hydrogen) atoms. The van der Waals surface area contributed by atoms with Crippen molar-refractivity contribution in [2.45, 2.75) is 26.4 Å². The molecule has 0 saturated carbocycles. The number of hydrogen-bond acceptors (Lipinski definition) is 4. The molecule has 7 heteroatoms. The largest absolute Gasteiger partial charge is 0.351 e. The van der Waals surface area contributed by atoms with Gasteiger partial charge in [-0.3, -0.25) is 14.5 Å².